The molecule has 3 heterocycles. The van der Waals surface area contributed by atoms with Crippen LogP contribution in [0.25, 0.3) is 10.9 Å². The maximum absolute atomic E-state index is 12.8. The Morgan fingerprint density at radius 1 is 1.19 bits per heavy atom. The third-order valence-corrected chi connectivity index (χ3v) is 5.94. The number of thiophene rings is 1. The highest BCUT2D eigenvalue weighted by molar-refractivity contribution is 7.16. The molecular formula is C19H20ClN3O2S. The minimum Gasteiger partial charge on any atom is -0.497 e. The van der Waals surface area contributed by atoms with E-state index in [4.69, 9.17) is 16.3 Å². The molecule has 0 saturated carbocycles. The third kappa shape index (κ3) is 3.58. The number of hydrogen-bond donors (Lipinski definition) is 1. The molecule has 5 nitrogen and oxygen atoms in total. The summed E-state index contributed by atoms with van der Waals surface area (Å²) in [6.45, 7) is 4.10. The number of carbonyl (C=O) groups excluding carboxylic acids is 1. The number of nitrogens with zero attached hydrogens (tertiary/aromatic N) is 2. The van der Waals surface area contributed by atoms with Crippen molar-refractivity contribution in [2.75, 3.05) is 33.3 Å². The van der Waals surface area contributed by atoms with Gasteiger partial charge < -0.3 is 14.6 Å². The van der Waals surface area contributed by atoms with E-state index in [0.29, 0.717) is 5.69 Å². The van der Waals surface area contributed by atoms with Gasteiger partial charge in [0.1, 0.15) is 11.4 Å². The van der Waals surface area contributed by atoms with Crippen molar-refractivity contribution in [1.29, 1.82) is 0 Å². The number of piperazine rings is 1. The lowest BCUT2D eigenvalue weighted by Crippen LogP contribution is -2.48. The standard InChI is InChI=1S/C19H20ClN3O2S/c1-25-14-3-2-13-10-17(21-16(13)11-14)19(24)23-8-6-22(7-9-23)12-15-4-5-18(20)26-15/h2-5,10-11,21H,6-9,12H2,1H3. The first-order valence-corrected chi connectivity index (χ1v) is 9.74. The number of rotatable bonds is 4. The molecule has 1 aliphatic heterocycles. The van der Waals surface area contributed by atoms with Crippen LogP contribution in [0.1, 0.15) is 15.4 Å². The van der Waals surface area contributed by atoms with E-state index in [1.54, 1.807) is 18.4 Å². The summed E-state index contributed by atoms with van der Waals surface area (Å²) in [4.78, 5) is 21.6. The maximum Gasteiger partial charge on any atom is 0.270 e. The minimum atomic E-state index is 0.0546. The molecule has 1 N–H and O–H groups in total. The zero-order valence-electron chi connectivity index (χ0n) is 14.5. The van der Waals surface area contributed by atoms with Crippen molar-refractivity contribution in [3.05, 3.63) is 51.3 Å². The largest absolute Gasteiger partial charge is 0.497 e. The van der Waals surface area contributed by atoms with Crippen LogP contribution in [-0.2, 0) is 6.54 Å². The van der Waals surface area contributed by atoms with Crippen molar-refractivity contribution in [3.63, 3.8) is 0 Å². The number of aromatic nitrogens is 1. The number of nitrogens with one attached hydrogen (secondary N) is 1. The fourth-order valence-corrected chi connectivity index (χ4v) is 4.41. The predicted octanol–water partition coefficient (Wildman–Crippen LogP) is 3.85. The van der Waals surface area contributed by atoms with Crippen LogP contribution < -0.4 is 4.74 Å². The Morgan fingerprint density at radius 2 is 2.00 bits per heavy atom. The van der Waals surface area contributed by atoms with Crippen molar-refractivity contribution in [3.8, 4) is 5.75 Å². The van der Waals surface area contributed by atoms with Gasteiger partial charge in [0.2, 0.25) is 0 Å². The first-order chi connectivity index (χ1) is 12.6. The van der Waals surface area contributed by atoms with Gasteiger partial charge in [0, 0.05) is 54.6 Å². The van der Waals surface area contributed by atoms with E-state index in [-0.39, 0.29) is 5.91 Å². The molecule has 1 saturated heterocycles. The Labute approximate surface area is 161 Å². The zero-order valence-corrected chi connectivity index (χ0v) is 16.1. The molecule has 0 atom stereocenters. The highest BCUT2D eigenvalue weighted by Gasteiger charge is 2.23. The average molecular weight is 390 g/mol. The number of benzene rings is 1. The van der Waals surface area contributed by atoms with E-state index in [1.807, 2.05) is 35.2 Å². The van der Waals surface area contributed by atoms with Gasteiger partial charge in [0.05, 0.1) is 11.4 Å². The number of amides is 1. The number of carbonyl (C=O) groups is 1. The van der Waals surface area contributed by atoms with Gasteiger partial charge in [-0.25, -0.2) is 0 Å². The summed E-state index contributed by atoms with van der Waals surface area (Å²) in [5, 5.41) is 1.02. The van der Waals surface area contributed by atoms with E-state index < -0.39 is 0 Å². The summed E-state index contributed by atoms with van der Waals surface area (Å²) in [5.74, 6) is 0.833. The molecule has 4 rings (SSSR count). The second-order valence-corrected chi connectivity index (χ2v) is 8.21. The van der Waals surface area contributed by atoms with Crippen LogP contribution in [0.15, 0.2) is 36.4 Å². The Bertz CT molecular complexity index is 928. The van der Waals surface area contributed by atoms with Crippen LogP contribution in [0.5, 0.6) is 5.75 Å². The summed E-state index contributed by atoms with van der Waals surface area (Å²) in [6, 6.07) is 11.7. The Balaban J connectivity index is 1.40. The molecule has 1 aromatic carbocycles. The Kier molecular flexibility index (Phi) is 4.89. The SMILES string of the molecule is COc1ccc2cc(C(=O)N3CCN(Cc4ccc(Cl)s4)CC3)[nH]c2c1. The Morgan fingerprint density at radius 3 is 2.69 bits per heavy atom. The van der Waals surface area contributed by atoms with Crippen molar-refractivity contribution in [2.24, 2.45) is 0 Å². The second kappa shape index (κ2) is 7.31. The van der Waals surface area contributed by atoms with Crippen molar-refractivity contribution < 1.29 is 9.53 Å². The van der Waals surface area contributed by atoms with Gasteiger partial charge >= 0.3 is 0 Å². The lowest BCUT2D eigenvalue weighted by Gasteiger charge is -2.34. The molecule has 136 valence electrons. The van der Waals surface area contributed by atoms with Gasteiger partial charge in [0.25, 0.3) is 5.91 Å². The topological polar surface area (TPSA) is 48.6 Å². The molecule has 7 heteroatoms. The highest BCUT2D eigenvalue weighted by Crippen LogP contribution is 2.24. The van der Waals surface area contributed by atoms with Crippen LogP contribution in [0.4, 0.5) is 0 Å². The minimum absolute atomic E-state index is 0.0546. The molecule has 1 fully saturated rings. The van der Waals surface area contributed by atoms with E-state index in [9.17, 15) is 4.79 Å². The smallest absolute Gasteiger partial charge is 0.270 e. The van der Waals surface area contributed by atoms with E-state index in [0.717, 1.165) is 53.7 Å². The monoisotopic (exact) mass is 389 g/mol. The first-order valence-electron chi connectivity index (χ1n) is 8.55. The number of hydrogen-bond acceptors (Lipinski definition) is 4. The third-order valence-electron chi connectivity index (χ3n) is 4.73. The van der Waals surface area contributed by atoms with Gasteiger partial charge in [0.15, 0.2) is 0 Å². The predicted molar refractivity (Wildman–Crippen MR) is 105 cm³/mol. The molecule has 2 aromatic heterocycles. The average Bonchev–Trinajstić information content (AvgIpc) is 3.27. The zero-order chi connectivity index (χ0) is 18.1. The van der Waals surface area contributed by atoms with Crippen molar-refractivity contribution >= 4 is 39.7 Å². The summed E-state index contributed by atoms with van der Waals surface area (Å²) >= 11 is 7.62. The highest BCUT2D eigenvalue weighted by atomic mass is 35.5. The number of halogens is 1. The van der Waals surface area contributed by atoms with Gasteiger partial charge in [-0.05, 0) is 30.3 Å². The van der Waals surface area contributed by atoms with E-state index in [1.165, 1.54) is 4.88 Å². The molecule has 0 unspecified atom stereocenters. The van der Waals surface area contributed by atoms with Gasteiger partial charge in [-0.2, -0.15) is 0 Å². The lowest BCUT2D eigenvalue weighted by molar-refractivity contribution is 0.0625. The number of aromatic amines is 1. The fraction of sp³-hybridized carbons (Fsp3) is 0.316. The fourth-order valence-electron chi connectivity index (χ4n) is 3.28. The van der Waals surface area contributed by atoms with Crippen LogP contribution in [0, 0.1) is 0 Å². The van der Waals surface area contributed by atoms with Gasteiger partial charge in [-0.15, -0.1) is 11.3 Å². The summed E-state index contributed by atoms with van der Waals surface area (Å²) < 4.78 is 6.07. The Hall–Kier alpha value is -2.02. The molecule has 1 aliphatic rings. The summed E-state index contributed by atoms with van der Waals surface area (Å²) in [7, 11) is 1.64. The number of fused-ring (bicyclic) bond motifs is 1. The van der Waals surface area contributed by atoms with Crippen LogP contribution in [-0.4, -0.2) is 54.0 Å². The van der Waals surface area contributed by atoms with Gasteiger partial charge in [-0.3, -0.25) is 9.69 Å². The lowest BCUT2D eigenvalue weighted by atomic mass is 10.2. The molecule has 1 amide bonds. The number of H-pyrrole nitrogens is 1. The molecule has 3 aromatic rings. The van der Waals surface area contributed by atoms with Crippen LogP contribution >= 0.6 is 22.9 Å². The number of ether oxygens (including phenoxy) is 1. The molecule has 0 radical (unpaired) electrons. The van der Waals surface area contributed by atoms with Crippen molar-refractivity contribution in [1.82, 2.24) is 14.8 Å². The molecule has 0 aliphatic carbocycles. The summed E-state index contributed by atoms with van der Waals surface area (Å²) in [6.07, 6.45) is 0. The molecule has 0 spiro atoms. The molecular weight excluding hydrogens is 370 g/mol. The maximum atomic E-state index is 12.8. The number of methoxy groups -OCH3 is 1. The normalized spacial score (nSPS) is 15.5. The van der Waals surface area contributed by atoms with Crippen LogP contribution in [0.2, 0.25) is 4.34 Å². The van der Waals surface area contributed by atoms with Gasteiger partial charge in [-0.1, -0.05) is 11.6 Å². The molecule has 0 bridgehead atoms. The van der Waals surface area contributed by atoms with Crippen molar-refractivity contribution in [2.45, 2.75) is 6.54 Å². The first kappa shape index (κ1) is 17.4. The second-order valence-electron chi connectivity index (χ2n) is 6.41. The van der Waals surface area contributed by atoms with E-state index >= 15 is 0 Å². The molecule has 26 heavy (non-hydrogen) atoms. The summed E-state index contributed by atoms with van der Waals surface area (Å²) in [5.41, 5.74) is 1.55. The quantitative estimate of drug-likeness (QED) is 0.737. The van der Waals surface area contributed by atoms with E-state index in [2.05, 4.69) is 16.0 Å². The van der Waals surface area contributed by atoms with Crippen LogP contribution in [0.3, 0.4) is 0 Å².